The highest BCUT2D eigenvalue weighted by Crippen LogP contribution is 2.18. The molecule has 1 fully saturated rings. The van der Waals surface area contributed by atoms with E-state index in [1.54, 1.807) is 11.6 Å². The van der Waals surface area contributed by atoms with E-state index in [-0.39, 0.29) is 17.9 Å². The van der Waals surface area contributed by atoms with E-state index in [1.807, 2.05) is 19.2 Å². The van der Waals surface area contributed by atoms with Gasteiger partial charge in [-0.1, -0.05) is 39.5 Å². The number of aromatic nitrogens is 1. The van der Waals surface area contributed by atoms with Crippen molar-refractivity contribution in [1.82, 2.24) is 10.3 Å². The monoisotopic (exact) mass is 350 g/mol. The van der Waals surface area contributed by atoms with Gasteiger partial charge in [0.2, 0.25) is 0 Å². The second-order valence-electron chi connectivity index (χ2n) is 6.55. The largest absolute Gasteiger partial charge is 0.449 e. The Kier molecular flexibility index (Phi) is 7.43. The number of rotatable bonds is 6. The second-order valence-corrected chi connectivity index (χ2v) is 7.26. The molecular weight excluding hydrogens is 324 g/mol. The number of nitrogens with zero attached hydrogens (tertiary/aromatic N) is 1. The molecular formula is C18H26N2O3S. The van der Waals surface area contributed by atoms with Crippen molar-refractivity contribution >= 4 is 29.3 Å². The quantitative estimate of drug-likeness (QED) is 0.484. The molecule has 0 bridgehead atoms. The average Bonchev–Trinajstić information content (AvgIpc) is 2.94. The molecule has 132 valence electrons. The number of carbonyl (C=O) groups is 2. The summed E-state index contributed by atoms with van der Waals surface area (Å²) in [7, 11) is 0. The highest BCUT2D eigenvalue weighted by molar-refractivity contribution is 7.07. The minimum absolute atomic E-state index is 0.0765. The first kappa shape index (κ1) is 18.6. The summed E-state index contributed by atoms with van der Waals surface area (Å²) in [5.74, 6) is -0.780. The molecule has 1 aromatic heterocycles. The average molecular weight is 350 g/mol. The molecule has 0 aliphatic heterocycles. The number of esters is 1. The molecule has 24 heavy (non-hydrogen) atoms. The van der Waals surface area contributed by atoms with E-state index in [0.29, 0.717) is 5.69 Å². The first-order valence-corrected chi connectivity index (χ1v) is 9.58. The predicted octanol–water partition coefficient (Wildman–Crippen LogP) is 3.56. The van der Waals surface area contributed by atoms with Crippen LogP contribution in [-0.4, -0.2) is 29.0 Å². The Morgan fingerprint density at radius 3 is 2.58 bits per heavy atom. The Labute approximate surface area is 147 Å². The standard InChI is InChI=1S/C18H26N2O3S/c1-13(2)17(18(22)20-14-7-5-3-4-6-8-14)23-16(21)10-9-15-11-24-12-19-15/h9-14,17H,3-8H2,1-2H3,(H,20,22). The van der Waals surface area contributed by atoms with Crippen molar-refractivity contribution in [2.75, 3.05) is 0 Å². The summed E-state index contributed by atoms with van der Waals surface area (Å²) in [5.41, 5.74) is 2.41. The Balaban J connectivity index is 1.89. The van der Waals surface area contributed by atoms with Crippen molar-refractivity contribution in [1.29, 1.82) is 0 Å². The second kappa shape index (κ2) is 9.57. The first-order chi connectivity index (χ1) is 11.6. The minimum atomic E-state index is -0.763. The SMILES string of the molecule is CC(C)C(OC(=O)C=Cc1cscn1)C(=O)NC1CCCCCC1. The van der Waals surface area contributed by atoms with Crippen LogP contribution >= 0.6 is 11.3 Å². The van der Waals surface area contributed by atoms with E-state index in [9.17, 15) is 9.59 Å². The van der Waals surface area contributed by atoms with Crippen molar-refractivity contribution in [2.24, 2.45) is 5.92 Å². The fourth-order valence-corrected chi connectivity index (χ4v) is 3.34. The van der Waals surface area contributed by atoms with Crippen LogP contribution in [0.15, 0.2) is 17.0 Å². The number of nitrogens with one attached hydrogen (secondary N) is 1. The van der Waals surface area contributed by atoms with E-state index in [0.717, 1.165) is 25.7 Å². The molecule has 1 aliphatic carbocycles. The van der Waals surface area contributed by atoms with E-state index in [1.165, 1.54) is 30.3 Å². The summed E-state index contributed by atoms with van der Waals surface area (Å²) in [5, 5.41) is 4.90. The number of amides is 1. The van der Waals surface area contributed by atoms with Crippen LogP contribution in [0.5, 0.6) is 0 Å². The topological polar surface area (TPSA) is 68.3 Å². The lowest BCUT2D eigenvalue weighted by molar-refractivity contribution is -0.154. The smallest absolute Gasteiger partial charge is 0.331 e. The lowest BCUT2D eigenvalue weighted by Gasteiger charge is -2.23. The highest BCUT2D eigenvalue weighted by Gasteiger charge is 2.27. The van der Waals surface area contributed by atoms with Gasteiger partial charge in [-0.25, -0.2) is 9.78 Å². The summed E-state index contributed by atoms with van der Waals surface area (Å²) in [4.78, 5) is 28.6. The third-order valence-electron chi connectivity index (χ3n) is 4.15. The summed E-state index contributed by atoms with van der Waals surface area (Å²) in [6, 6.07) is 0.200. The van der Waals surface area contributed by atoms with Crippen molar-refractivity contribution in [3.8, 4) is 0 Å². The van der Waals surface area contributed by atoms with E-state index < -0.39 is 12.1 Å². The maximum atomic E-state index is 12.5. The molecule has 0 spiro atoms. The van der Waals surface area contributed by atoms with Crippen LogP contribution in [0.1, 0.15) is 58.1 Å². The number of carbonyl (C=O) groups excluding carboxylic acids is 2. The number of hydrogen-bond donors (Lipinski definition) is 1. The van der Waals surface area contributed by atoms with Crippen LogP contribution < -0.4 is 5.32 Å². The molecule has 0 saturated heterocycles. The molecule has 6 heteroatoms. The lowest BCUT2D eigenvalue weighted by atomic mass is 10.0. The molecule has 0 aromatic carbocycles. The molecule has 1 N–H and O–H groups in total. The van der Waals surface area contributed by atoms with Gasteiger partial charge >= 0.3 is 5.97 Å². The van der Waals surface area contributed by atoms with Crippen LogP contribution in [0.3, 0.4) is 0 Å². The molecule has 1 heterocycles. The molecule has 5 nitrogen and oxygen atoms in total. The van der Waals surface area contributed by atoms with Gasteiger partial charge in [-0.2, -0.15) is 0 Å². The fourth-order valence-electron chi connectivity index (χ4n) is 2.82. The Bertz CT molecular complexity index is 547. The summed E-state index contributed by atoms with van der Waals surface area (Å²) < 4.78 is 5.38. The molecule has 1 aliphatic rings. The summed E-state index contributed by atoms with van der Waals surface area (Å²) in [6.07, 6.45) is 8.93. The normalized spacial score (nSPS) is 17.6. The van der Waals surface area contributed by atoms with E-state index in [4.69, 9.17) is 4.74 Å². The van der Waals surface area contributed by atoms with Crippen LogP contribution in [0.4, 0.5) is 0 Å². The van der Waals surface area contributed by atoms with Crippen LogP contribution in [0.25, 0.3) is 6.08 Å². The van der Waals surface area contributed by atoms with Gasteiger partial charge in [-0.05, 0) is 24.8 Å². The van der Waals surface area contributed by atoms with E-state index >= 15 is 0 Å². The van der Waals surface area contributed by atoms with Crippen molar-refractivity contribution in [3.05, 3.63) is 22.7 Å². The van der Waals surface area contributed by atoms with Crippen LogP contribution in [0, 0.1) is 5.92 Å². The summed E-state index contributed by atoms with van der Waals surface area (Å²) >= 11 is 1.46. The number of hydrogen-bond acceptors (Lipinski definition) is 5. The summed E-state index contributed by atoms with van der Waals surface area (Å²) in [6.45, 7) is 3.77. The molecule has 1 amide bonds. The molecule has 2 rings (SSSR count). The van der Waals surface area contributed by atoms with Crippen LogP contribution in [0.2, 0.25) is 0 Å². The minimum Gasteiger partial charge on any atom is -0.449 e. The maximum Gasteiger partial charge on any atom is 0.331 e. The van der Waals surface area contributed by atoms with Gasteiger partial charge < -0.3 is 10.1 Å². The molecule has 1 unspecified atom stereocenters. The number of thiazole rings is 1. The Hall–Kier alpha value is -1.69. The van der Waals surface area contributed by atoms with Crippen molar-refractivity contribution in [2.45, 2.75) is 64.5 Å². The first-order valence-electron chi connectivity index (χ1n) is 8.63. The zero-order valence-electron chi connectivity index (χ0n) is 14.4. The third kappa shape index (κ3) is 6.07. The predicted molar refractivity (Wildman–Crippen MR) is 95.5 cm³/mol. The van der Waals surface area contributed by atoms with E-state index in [2.05, 4.69) is 10.3 Å². The molecule has 1 aromatic rings. The van der Waals surface area contributed by atoms with Gasteiger partial charge in [0.1, 0.15) is 0 Å². The van der Waals surface area contributed by atoms with Gasteiger partial charge in [0.05, 0.1) is 11.2 Å². The Morgan fingerprint density at radius 2 is 2.00 bits per heavy atom. The maximum absolute atomic E-state index is 12.5. The lowest BCUT2D eigenvalue weighted by Crippen LogP contribution is -2.45. The van der Waals surface area contributed by atoms with Crippen molar-refractivity contribution < 1.29 is 14.3 Å². The van der Waals surface area contributed by atoms with Gasteiger partial charge in [-0.3, -0.25) is 4.79 Å². The highest BCUT2D eigenvalue weighted by atomic mass is 32.1. The van der Waals surface area contributed by atoms with Crippen molar-refractivity contribution in [3.63, 3.8) is 0 Å². The fraction of sp³-hybridized carbons (Fsp3) is 0.611. The molecule has 1 atom stereocenters. The third-order valence-corrected chi connectivity index (χ3v) is 4.75. The van der Waals surface area contributed by atoms with Gasteiger partial charge in [0, 0.05) is 17.5 Å². The zero-order chi connectivity index (χ0) is 17.4. The van der Waals surface area contributed by atoms with Gasteiger partial charge in [0.15, 0.2) is 6.10 Å². The number of ether oxygens (including phenoxy) is 1. The molecule has 1 saturated carbocycles. The zero-order valence-corrected chi connectivity index (χ0v) is 15.2. The Morgan fingerprint density at radius 1 is 1.29 bits per heavy atom. The van der Waals surface area contributed by atoms with Gasteiger partial charge in [0.25, 0.3) is 5.91 Å². The van der Waals surface area contributed by atoms with Crippen LogP contribution in [-0.2, 0) is 14.3 Å². The van der Waals surface area contributed by atoms with Gasteiger partial charge in [-0.15, -0.1) is 11.3 Å². The molecule has 0 radical (unpaired) electrons.